The van der Waals surface area contributed by atoms with E-state index in [1.807, 2.05) is 12.1 Å². The average Bonchev–Trinajstić information content (AvgIpc) is 3.79. The summed E-state index contributed by atoms with van der Waals surface area (Å²) in [6.07, 6.45) is 3.29. The van der Waals surface area contributed by atoms with E-state index in [0.717, 1.165) is 36.1 Å². The van der Waals surface area contributed by atoms with Crippen LogP contribution in [0.2, 0.25) is 15.2 Å². The van der Waals surface area contributed by atoms with E-state index in [0.29, 0.717) is 16.1 Å². The molecule has 2 aromatic carbocycles. The molecular formula is C33H37Cl2N3O5Si. The molecule has 0 unspecified atom stereocenters. The van der Waals surface area contributed by atoms with Gasteiger partial charge in [0.05, 0.1) is 29.8 Å². The Morgan fingerprint density at radius 1 is 0.977 bits per heavy atom. The molecular weight excluding hydrogens is 617 g/mol. The predicted molar refractivity (Wildman–Crippen MR) is 172 cm³/mol. The van der Waals surface area contributed by atoms with Gasteiger partial charge >= 0.3 is 0 Å². The maximum Gasteiger partial charge on any atom is 0.261 e. The van der Waals surface area contributed by atoms with Crippen molar-refractivity contribution in [3.05, 3.63) is 83.1 Å². The van der Waals surface area contributed by atoms with Gasteiger partial charge in [0.1, 0.15) is 23.0 Å². The molecule has 44 heavy (non-hydrogen) atoms. The van der Waals surface area contributed by atoms with Crippen molar-refractivity contribution in [1.82, 2.24) is 14.8 Å². The number of hydrogen-bond donors (Lipinski definition) is 1. The summed E-state index contributed by atoms with van der Waals surface area (Å²) >= 11 is 12.8. The zero-order chi connectivity index (χ0) is 30.7. The lowest BCUT2D eigenvalue weighted by molar-refractivity contribution is -0.244. The van der Waals surface area contributed by atoms with Crippen molar-refractivity contribution in [1.29, 1.82) is 0 Å². The molecule has 4 aromatic rings. The second kappa shape index (κ2) is 11.2. The van der Waals surface area contributed by atoms with Gasteiger partial charge in [-0.3, -0.25) is 0 Å². The molecule has 3 fully saturated rings. The molecule has 8 nitrogen and oxygen atoms in total. The standard InChI is InChI=1S/C33H37Cl2N3O5Si/c1-31(2,3)44(22-12-6-4-7-13-22,23-14-8-5-9-15-23)40-21-32(20-39)28-27(41-33(42-28)16-10-11-17-33)30(43-32)38-29-24(19-36-38)25(34)18-26(35)37-29/h4-9,12-15,18-19,27-28,30,39H,10-11,16-17,20-21H2,1-3H3/t27-,28+,30-,32-/m1/s1. The third-order valence-electron chi connectivity index (χ3n) is 9.45. The lowest BCUT2D eigenvalue weighted by atomic mass is 9.97. The number of fused-ring (bicyclic) bond motifs is 2. The van der Waals surface area contributed by atoms with Gasteiger partial charge in [0, 0.05) is 12.8 Å². The van der Waals surface area contributed by atoms with Gasteiger partial charge in [-0.2, -0.15) is 5.10 Å². The monoisotopic (exact) mass is 653 g/mol. The highest BCUT2D eigenvalue weighted by molar-refractivity contribution is 6.99. The first-order chi connectivity index (χ1) is 21.1. The molecule has 1 spiro atoms. The Morgan fingerprint density at radius 3 is 2.20 bits per heavy atom. The second-order valence-corrected chi connectivity index (χ2v) is 18.3. The number of benzene rings is 2. The summed E-state index contributed by atoms with van der Waals surface area (Å²) in [7, 11) is -2.97. The molecule has 7 rings (SSSR count). The van der Waals surface area contributed by atoms with Crippen molar-refractivity contribution in [2.45, 2.75) is 81.3 Å². The minimum Gasteiger partial charge on any atom is -0.404 e. The summed E-state index contributed by atoms with van der Waals surface area (Å²) in [5, 5.41) is 19.2. The average molecular weight is 655 g/mol. The smallest absolute Gasteiger partial charge is 0.261 e. The number of aliphatic hydroxyl groups is 1. The first-order valence-electron chi connectivity index (χ1n) is 15.2. The zero-order valence-corrected chi connectivity index (χ0v) is 27.6. The van der Waals surface area contributed by atoms with Gasteiger partial charge in [-0.25, -0.2) is 9.67 Å². The van der Waals surface area contributed by atoms with E-state index >= 15 is 0 Å². The lowest BCUT2D eigenvalue weighted by Gasteiger charge is -2.45. The van der Waals surface area contributed by atoms with Crippen molar-refractivity contribution in [3.63, 3.8) is 0 Å². The van der Waals surface area contributed by atoms with E-state index in [4.69, 9.17) is 41.8 Å². The number of pyridine rings is 1. The molecule has 2 saturated heterocycles. The van der Waals surface area contributed by atoms with Crippen LogP contribution in [0.3, 0.4) is 0 Å². The summed E-state index contributed by atoms with van der Waals surface area (Å²) < 4.78 is 29.4. The highest BCUT2D eigenvalue weighted by Crippen LogP contribution is 2.53. The fourth-order valence-corrected chi connectivity index (χ4v) is 12.5. The molecule has 4 atom stereocenters. The summed E-state index contributed by atoms with van der Waals surface area (Å²) in [6.45, 7) is 6.43. The molecule has 4 heterocycles. The lowest BCUT2D eigenvalue weighted by Crippen LogP contribution is -2.68. The second-order valence-electron chi connectivity index (χ2n) is 13.2. The minimum atomic E-state index is -2.97. The molecule has 1 saturated carbocycles. The van der Waals surface area contributed by atoms with Gasteiger partial charge < -0.3 is 23.7 Å². The fourth-order valence-electron chi connectivity index (χ4n) is 7.38. The van der Waals surface area contributed by atoms with Gasteiger partial charge in [0.2, 0.25) is 0 Å². The molecule has 232 valence electrons. The van der Waals surface area contributed by atoms with E-state index in [1.165, 1.54) is 0 Å². The van der Waals surface area contributed by atoms with Gasteiger partial charge in [0.25, 0.3) is 8.32 Å². The van der Waals surface area contributed by atoms with Crippen molar-refractivity contribution < 1.29 is 23.7 Å². The molecule has 0 bridgehead atoms. The third-order valence-corrected chi connectivity index (χ3v) is 14.9. The molecule has 11 heteroatoms. The van der Waals surface area contributed by atoms with Crippen LogP contribution >= 0.6 is 23.2 Å². The van der Waals surface area contributed by atoms with E-state index in [9.17, 15) is 5.11 Å². The van der Waals surface area contributed by atoms with Gasteiger partial charge in [0.15, 0.2) is 17.7 Å². The van der Waals surface area contributed by atoms with Crippen molar-refractivity contribution >= 4 is 52.9 Å². The van der Waals surface area contributed by atoms with Crippen LogP contribution in [0.1, 0.15) is 52.7 Å². The van der Waals surface area contributed by atoms with Gasteiger partial charge in [-0.05, 0) is 34.3 Å². The Kier molecular flexibility index (Phi) is 7.70. The quantitative estimate of drug-likeness (QED) is 0.204. The van der Waals surface area contributed by atoms with Crippen LogP contribution in [0.25, 0.3) is 11.0 Å². The van der Waals surface area contributed by atoms with Crippen LogP contribution < -0.4 is 10.4 Å². The highest BCUT2D eigenvalue weighted by Gasteiger charge is 2.67. The van der Waals surface area contributed by atoms with Crippen LogP contribution in [0, 0.1) is 0 Å². The normalized spacial score (nSPS) is 26.5. The Labute approximate surface area is 268 Å². The zero-order valence-electron chi connectivity index (χ0n) is 25.1. The number of nitrogens with zero attached hydrogens (tertiary/aromatic N) is 3. The summed E-state index contributed by atoms with van der Waals surface area (Å²) in [5.74, 6) is -0.735. The molecule has 1 aliphatic carbocycles. The first kappa shape index (κ1) is 30.3. The van der Waals surface area contributed by atoms with E-state index in [2.05, 4.69) is 79.4 Å². The van der Waals surface area contributed by atoms with E-state index in [-0.39, 0.29) is 23.4 Å². The molecule has 3 aliphatic rings. The Hall–Kier alpha value is -2.34. The minimum absolute atomic E-state index is 0.0853. The largest absolute Gasteiger partial charge is 0.404 e. The SMILES string of the molecule is CC(C)(C)[Si](OC[C@@]1(CO)O[C@@H](n2ncc3c(Cl)cc(Cl)nc32)[C@@H]2OC3(CCCC3)O[C@@H]21)(c1ccccc1)c1ccccc1. The first-order valence-corrected chi connectivity index (χ1v) is 17.9. The Bertz CT molecular complexity index is 1600. The van der Waals surface area contributed by atoms with E-state index < -0.39 is 38.1 Å². The van der Waals surface area contributed by atoms with E-state index in [1.54, 1.807) is 16.9 Å². The van der Waals surface area contributed by atoms with Crippen molar-refractivity contribution in [2.24, 2.45) is 0 Å². The number of ether oxygens (including phenoxy) is 3. The molecule has 2 aromatic heterocycles. The number of aromatic nitrogens is 3. The summed E-state index contributed by atoms with van der Waals surface area (Å²) in [6, 6.07) is 22.4. The van der Waals surface area contributed by atoms with Crippen LogP contribution in [0.5, 0.6) is 0 Å². The highest BCUT2D eigenvalue weighted by atomic mass is 35.5. The Morgan fingerprint density at radius 2 is 1.61 bits per heavy atom. The fraction of sp³-hybridized carbons (Fsp3) is 0.455. The van der Waals surface area contributed by atoms with Crippen molar-refractivity contribution in [2.75, 3.05) is 13.2 Å². The molecule has 0 radical (unpaired) electrons. The number of aliphatic hydroxyl groups excluding tert-OH is 1. The van der Waals surface area contributed by atoms with Crippen molar-refractivity contribution in [3.8, 4) is 0 Å². The molecule has 0 amide bonds. The predicted octanol–water partition coefficient (Wildman–Crippen LogP) is 5.63. The molecule has 1 N–H and O–H groups in total. The summed E-state index contributed by atoms with van der Waals surface area (Å²) in [4.78, 5) is 4.53. The maximum atomic E-state index is 11.2. The topological polar surface area (TPSA) is 87.9 Å². The van der Waals surface area contributed by atoms with Gasteiger partial charge in [-0.1, -0.05) is 105 Å². The van der Waals surface area contributed by atoms with Crippen LogP contribution in [-0.2, 0) is 18.6 Å². The van der Waals surface area contributed by atoms with Gasteiger partial charge in [-0.15, -0.1) is 0 Å². The summed E-state index contributed by atoms with van der Waals surface area (Å²) in [5.41, 5.74) is -0.765. The third kappa shape index (κ3) is 4.75. The molecule has 2 aliphatic heterocycles. The van der Waals surface area contributed by atoms with Crippen LogP contribution in [0.15, 0.2) is 72.9 Å². The number of hydrogen-bond acceptors (Lipinski definition) is 7. The number of halogens is 2. The number of rotatable bonds is 7. The Balaban J connectivity index is 1.33. The van der Waals surface area contributed by atoms with Crippen LogP contribution in [-0.4, -0.2) is 65.0 Å². The van der Waals surface area contributed by atoms with Crippen LogP contribution in [0.4, 0.5) is 0 Å². The maximum absolute atomic E-state index is 11.2.